The molecule has 29 heavy (non-hydrogen) atoms. The molecule has 3 amide bonds. The van der Waals surface area contributed by atoms with E-state index in [0.717, 1.165) is 29.5 Å². The summed E-state index contributed by atoms with van der Waals surface area (Å²) < 4.78 is 11.6. The van der Waals surface area contributed by atoms with Gasteiger partial charge in [0.1, 0.15) is 13.2 Å². The van der Waals surface area contributed by atoms with Crippen LogP contribution < -0.4 is 9.47 Å². The van der Waals surface area contributed by atoms with Crippen molar-refractivity contribution in [3.05, 3.63) is 39.7 Å². The highest BCUT2D eigenvalue weighted by atomic mass is 79.9. The van der Waals surface area contributed by atoms with Gasteiger partial charge in [-0.3, -0.25) is 19.3 Å². The molecule has 3 rings (SSSR count). The van der Waals surface area contributed by atoms with Crippen molar-refractivity contribution in [1.82, 2.24) is 9.80 Å². The summed E-state index contributed by atoms with van der Waals surface area (Å²) in [5.41, 5.74) is 0.663. The minimum absolute atomic E-state index is 0.195. The van der Waals surface area contributed by atoms with E-state index in [9.17, 15) is 14.4 Å². The molecule has 2 saturated heterocycles. The van der Waals surface area contributed by atoms with Gasteiger partial charge in [-0.15, -0.1) is 0 Å². The summed E-state index contributed by atoms with van der Waals surface area (Å²) in [5.74, 6) is 0.346. The van der Waals surface area contributed by atoms with Crippen LogP contribution in [0, 0.1) is 0 Å². The summed E-state index contributed by atoms with van der Waals surface area (Å²) in [5, 5.41) is -0.439. The molecular weight excluding hydrogens is 460 g/mol. The highest BCUT2D eigenvalue weighted by molar-refractivity contribution is 9.10. The van der Waals surface area contributed by atoms with E-state index in [0.29, 0.717) is 41.2 Å². The zero-order valence-corrected chi connectivity index (χ0v) is 18.4. The number of carbonyl (C=O) groups excluding carboxylic acids is 3. The molecule has 0 saturated carbocycles. The first kappa shape index (κ1) is 21.4. The van der Waals surface area contributed by atoms with Crippen molar-refractivity contribution in [3.63, 3.8) is 0 Å². The van der Waals surface area contributed by atoms with Crippen LogP contribution in [0.25, 0.3) is 6.08 Å². The van der Waals surface area contributed by atoms with Crippen molar-refractivity contribution >= 4 is 50.8 Å². The number of likely N-dealkylation sites (tertiary alicyclic amines) is 1. The predicted octanol–water partition coefficient (Wildman–Crippen LogP) is 3.68. The van der Waals surface area contributed by atoms with Crippen LogP contribution >= 0.6 is 27.7 Å². The third kappa shape index (κ3) is 4.84. The maximum Gasteiger partial charge on any atom is 0.294 e. The Bertz CT molecular complexity index is 880. The Hall–Kier alpha value is -2.26. The van der Waals surface area contributed by atoms with E-state index in [1.807, 2.05) is 0 Å². The summed E-state index contributed by atoms with van der Waals surface area (Å²) in [6.45, 7) is 5.08. The molecule has 1 aromatic rings. The molecule has 154 valence electrons. The van der Waals surface area contributed by atoms with Gasteiger partial charge in [-0.25, -0.2) is 0 Å². The molecule has 0 radical (unpaired) electrons. The van der Waals surface area contributed by atoms with Crippen molar-refractivity contribution in [3.8, 4) is 11.5 Å². The summed E-state index contributed by atoms with van der Waals surface area (Å²) >= 11 is 4.27. The lowest BCUT2D eigenvalue weighted by Crippen LogP contribution is -2.40. The molecule has 0 unspecified atom stereocenters. The molecule has 0 spiro atoms. The number of carbonyl (C=O) groups is 3. The Morgan fingerprint density at radius 3 is 2.69 bits per heavy atom. The van der Waals surface area contributed by atoms with Crippen LogP contribution in [0.2, 0.25) is 0 Å². The largest absolute Gasteiger partial charge is 0.493 e. The zero-order valence-electron chi connectivity index (χ0n) is 16.0. The van der Waals surface area contributed by atoms with Gasteiger partial charge in [-0.1, -0.05) is 12.7 Å². The standard InChI is InChI=1S/C20H21BrN2O5S/c1-3-8-28-18-14(21)9-13(10-15(18)27-2)11-16-19(25)23(20(26)29-16)12-17(24)22-6-4-5-7-22/h3,9-11H,1,4-8,12H2,2H3/b16-11-. The van der Waals surface area contributed by atoms with Gasteiger partial charge in [0.25, 0.3) is 11.1 Å². The zero-order chi connectivity index (χ0) is 21.0. The molecule has 2 aliphatic rings. The highest BCUT2D eigenvalue weighted by Crippen LogP contribution is 2.39. The van der Waals surface area contributed by atoms with Crippen LogP contribution in [0.5, 0.6) is 11.5 Å². The molecule has 7 nitrogen and oxygen atoms in total. The lowest BCUT2D eigenvalue weighted by molar-refractivity contribution is -0.135. The van der Waals surface area contributed by atoms with E-state index >= 15 is 0 Å². The fourth-order valence-electron chi connectivity index (χ4n) is 3.09. The quantitative estimate of drug-likeness (QED) is 0.437. The van der Waals surface area contributed by atoms with Gasteiger partial charge in [0.05, 0.1) is 16.5 Å². The number of methoxy groups -OCH3 is 1. The first-order valence-electron chi connectivity index (χ1n) is 9.09. The number of hydrogen-bond acceptors (Lipinski definition) is 6. The minimum atomic E-state index is -0.463. The number of benzene rings is 1. The molecule has 2 fully saturated rings. The van der Waals surface area contributed by atoms with Crippen LogP contribution in [0.15, 0.2) is 34.2 Å². The van der Waals surface area contributed by atoms with Gasteiger partial charge in [0.2, 0.25) is 5.91 Å². The average molecular weight is 481 g/mol. The molecule has 9 heteroatoms. The van der Waals surface area contributed by atoms with Crippen LogP contribution in [0.3, 0.4) is 0 Å². The van der Waals surface area contributed by atoms with E-state index in [2.05, 4.69) is 22.5 Å². The van der Waals surface area contributed by atoms with E-state index in [4.69, 9.17) is 9.47 Å². The summed E-state index contributed by atoms with van der Waals surface area (Å²) in [7, 11) is 1.52. The molecule has 2 aliphatic heterocycles. The monoisotopic (exact) mass is 480 g/mol. The summed E-state index contributed by atoms with van der Waals surface area (Å²) in [4.78, 5) is 40.3. The van der Waals surface area contributed by atoms with Gasteiger partial charge in [0.15, 0.2) is 11.5 Å². The number of halogens is 1. The minimum Gasteiger partial charge on any atom is -0.493 e. The second-order valence-corrected chi connectivity index (χ2v) is 8.34. The SMILES string of the molecule is C=CCOc1c(Br)cc(/C=C2\SC(=O)N(CC(=O)N3CCCC3)C2=O)cc1OC. The molecule has 0 bridgehead atoms. The topological polar surface area (TPSA) is 76.2 Å². The maximum absolute atomic E-state index is 12.7. The van der Waals surface area contributed by atoms with E-state index in [-0.39, 0.29) is 17.4 Å². The second kappa shape index (κ2) is 9.49. The molecule has 1 aromatic carbocycles. The van der Waals surface area contributed by atoms with Gasteiger partial charge < -0.3 is 14.4 Å². The Morgan fingerprint density at radius 2 is 2.03 bits per heavy atom. The van der Waals surface area contributed by atoms with E-state index < -0.39 is 11.1 Å². The van der Waals surface area contributed by atoms with Gasteiger partial charge in [0, 0.05) is 13.1 Å². The van der Waals surface area contributed by atoms with E-state index in [1.54, 1.807) is 29.2 Å². The van der Waals surface area contributed by atoms with Crippen molar-refractivity contribution in [2.75, 3.05) is 33.4 Å². The fraction of sp³-hybridized carbons (Fsp3) is 0.350. The first-order valence-corrected chi connectivity index (χ1v) is 10.7. The van der Waals surface area contributed by atoms with Crippen molar-refractivity contribution in [1.29, 1.82) is 0 Å². The highest BCUT2D eigenvalue weighted by Gasteiger charge is 2.37. The van der Waals surface area contributed by atoms with Gasteiger partial charge in [-0.05, 0) is 64.3 Å². The number of amides is 3. The van der Waals surface area contributed by atoms with Crippen molar-refractivity contribution in [2.45, 2.75) is 12.8 Å². The third-order valence-corrected chi connectivity index (χ3v) is 6.02. The number of imide groups is 1. The molecular formula is C20H21BrN2O5S. The molecule has 0 aliphatic carbocycles. The Kier molecular flexibility index (Phi) is 7.02. The maximum atomic E-state index is 12.7. The number of thioether (sulfide) groups is 1. The van der Waals surface area contributed by atoms with Crippen LogP contribution in [0.4, 0.5) is 4.79 Å². The fourth-order valence-corrected chi connectivity index (χ4v) is 4.51. The lowest BCUT2D eigenvalue weighted by atomic mass is 10.2. The normalized spacial score (nSPS) is 17.9. The van der Waals surface area contributed by atoms with Crippen molar-refractivity contribution in [2.24, 2.45) is 0 Å². The average Bonchev–Trinajstić information content (AvgIpc) is 3.32. The van der Waals surface area contributed by atoms with Crippen LogP contribution in [-0.4, -0.2) is 60.2 Å². The summed E-state index contributed by atoms with van der Waals surface area (Å²) in [6, 6.07) is 3.48. The van der Waals surface area contributed by atoms with Crippen molar-refractivity contribution < 1.29 is 23.9 Å². The Morgan fingerprint density at radius 1 is 1.31 bits per heavy atom. The molecule has 0 aromatic heterocycles. The summed E-state index contributed by atoms with van der Waals surface area (Å²) in [6.07, 6.45) is 5.14. The number of nitrogens with zero attached hydrogens (tertiary/aromatic N) is 2. The Labute approximate surface area is 181 Å². The smallest absolute Gasteiger partial charge is 0.294 e. The van der Waals surface area contributed by atoms with Crippen LogP contribution in [0.1, 0.15) is 18.4 Å². The molecule has 0 atom stereocenters. The first-order chi connectivity index (χ1) is 13.9. The van der Waals surface area contributed by atoms with E-state index in [1.165, 1.54) is 7.11 Å². The van der Waals surface area contributed by atoms with Crippen LogP contribution in [-0.2, 0) is 9.59 Å². The van der Waals surface area contributed by atoms with Gasteiger partial charge in [-0.2, -0.15) is 0 Å². The third-order valence-electron chi connectivity index (χ3n) is 4.52. The number of ether oxygens (including phenoxy) is 2. The number of rotatable bonds is 7. The molecule has 0 N–H and O–H groups in total. The predicted molar refractivity (Wildman–Crippen MR) is 115 cm³/mol. The lowest BCUT2D eigenvalue weighted by Gasteiger charge is -2.18. The number of hydrogen-bond donors (Lipinski definition) is 0. The second-order valence-electron chi connectivity index (χ2n) is 6.49. The molecule has 2 heterocycles. The Balaban J connectivity index is 1.79. The van der Waals surface area contributed by atoms with Gasteiger partial charge >= 0.3 is 0 Å².